The third kappa shape index (κ3) is 1.82. The van der Waals surface area contributed by atoms with Gasteiger partial charge in [-0.3, -0.25) is 9.48 Å². The molecule has 1 saturated heterocycles. The van der Waals surface area contributed by atoms with Gasteiger partial charge >= 0.3 is 0 Å². The van der Waals surface area contributed by atoms with Crippen molar-refractivity contribution in [2.24, 2.45) is 7.05 Å². The molecule has 1 aromatic rings. The maximum Gasteiger partial charge on any atom is 0.257 e. The lowest BCUT2D eigenvalue weighted by molar-refractivity contribution is 0.0655. The van der Waals surface area contributed by atoms with E-state index in [2.05, 4.69) is 17.3 Å². The molecule has 2 heterocycles. The van der Waals surface area contributed by atoms with Gasteiger partial charge in [0.1, 0.15) is 0 Å². The lowest BCUT2D eigenvalue weighted by atomic mass is 10.1. The van der Waals surface area contributed by atoms with Gasteiger partial charge in [0.2, 0.25) is 0 Å². The Kier molecular flexibility index (Phi) is 2.96. The average Bonchev–Trinajstić information content (AvgIpc) is 2.60. The molecule has 88 valence electrons. The van der Waals surface area contributed by atoms with Crippen LogP contribution in [0, 0.1) is 6.92 Å². The zero-order valence-corrected chi connectivity index (χ0v) is 10.0. The summed E-state index contributed by atoms with van der Waals surface area (Å²) in [5.41, 5.74) is 1.65. The first-order valence-electron chi connectivity index (χ1n) is 5.61. The summed E-state index contributed by atoms with van der Waals surface area (Å²) < 4.78 is 1.74. The quantitative estimate of drug-likeness (QED) is 0.736. The van der Waals surface area contributed by atoms with Crippen molar-refractivity contribution >= 4 is 5.91 Å². The minimum absolute atomic E-state index is 0.0969. The number of nitrogens with zero attached hydrogens (tertiary/aromatic N) is 3. The first-order chi connectivity index (χ1) is 7.61. The monoisotopic (exact) mass is 222 g/mol. The summed E-state index contributed by atoms with van der Waals surface area (Å²) in [6.45, 7) is 6.50. The van der Waals surface area contributed by atoms with Gasteiger partial charge in [-0.1, -0.05) is 0 Å². The van der Waals surface area contributed by atoms with Gasteiger partial charge in [-0.25, -0.2) is 0 Å². The molecule has 1 atom stereocenters. The minimum Gasteiger partial charge on any atom is -0.333 e. The van der Waals surface area contributed by atoms with E-state index < -0.39 is 0 Å². The smallest absolute Gasteiger partial charge is 0.257 e. The van der Waals surface area contributed by atoms with E-state index in [1.807, 2.05) is 18.9 Å². The normalized spacial score (nSPS) is 21.2. The van der Waals surface area contributed by atoms with Crippen LogP contribution in [0.2, 0.25) is 0 Å². The molecule has 1 aliphatic rings. The summed E-state index contributed by atoms with van der Waals surface area (Å²) in [4.78, 5) is 14.2. The summed E-state index contributed by atoms with van der Waals surface area (Å²) >= 11 is 0. The van der Waals surface area contributed by atoms with Crippen molar-refractivity contribution in [3.05, 3.63) is 17.5 Å². The molecule has 0 unspecified atom stereocenters. The van der Waals surface area contributed by atoms with Crippen molar-refractivity contribution in [1.82, 2.24) is 20.0 Å². The fourth-order valence-electron chi connectivity index (χ4n) is 2.01. The second-order valence-corrected chi connectivity index (χ2v) is 4.32. The van der Waals surface area contributed by atoms with Gasteiger partial charge in [-0.05, 0) is 13.8 Å². The summed E-state index contributed by atoms with van der Waals surface area (Å²) in [6.07, 6.45) is 1.66. The van der Waals surface area contributed by atoms with E-state index >= 15 is 0 Å². The Morgan fingerprint density at radius 1 is 1.62 bits per heavy atom. The van der Waals surface area contributed by atoms with Crippen molar-refractivity contribution in [3.8, 4) is 0 Å². The number of hydrogen-bond donors (Lipinski definition) is 1. The maximum absolute atomic E-state index is 12.3. The maximum atomic E-state index is 12.3. The number of aromatic nitrogens is 2. The highest BCUT2D eigenvalue weighted by Gasteiger charge is 2.26. The van der Waals surface area contributed by atoms with Crippen LogP contribution in [0.15, 0.2) is 6.20 Å². The van der Waals surface area contributed by atoms with Crippen molar-refractivity contribution in [2.75, 3.05) is 19.6 Å². The number of nitrogens with one attached hydrogen (secondary N) is 1. The summed E-state index contributed by atoms with van der Waals surface area (Å²) in [6, 6.07) is 0.251. The Hall–Kier alpha value is -1.36. The molecule has 16 heavy (non-hydrogen) atoms. The zero-order chi connectivity index (χ0) is 11.7. The van der Waals surface area contributed by atoms with Crippen LogP contribution < -0.4 is 5.32 Å². The van der Waals surface area contributed by atoms with Crippen LogP contribution in [-0.4, -0.2) is 46.3 Å². The molecule has 0 aromatic carbocycles. The summed E-state index contributed by atoms with van der Waals surface area (Å²) in [5, 5.41) is 7.39. The van der Waals surface area contributed by atoms with Gasteiger partial charge in [0.25, 0.3) is 5.91 Å². The van der Waals surface area contributed by atoms with Crippen LogP contribution in [0.3, 0.4) is 0 Å². The van der Waals surface area contributed by atoms with E-state index in [9.17, 15) is 4.79 Å². The predicted molar refractivity (Wildman–Crippen MR) is 61.3 cm³/mol. The average molecular weight is 222 g/mol. The second kappa shape index (κ2) is 4.25. The first kappa shape index (κ1) is 11.1. The molecular weight excluding hydrogens is 204 g/mol. The van der Waals surface area contributed by atoms with E-state index in [1.165, 1.54) is 0 Å². The van der Waals surface area contributed by atoms with E-state index in [4.69, 9.17) is 0 Å². The van der Waals surface area contributed by atoms with Gasteiger partial charge in [0.15, 0.2) is 0 Å². The molecule has 5 heteroatoms. The summed E-state index contributed by atoms with van der Waals surface area (Å²) in [7, 11) is 1.85. The standard InChI is InChI=1S/C11H18N4O/c1-8-6-12-4-5-15(8)11(16)10-7-13-14(3)9(10)2/h7-8,12H,4-6H2,1-3H3/t8-/m0/s1. The molecule has 1 aliphatic heterocycles. The molecule has 1 aromatic heterocycles. The second-order valence-electron chi connectivity index (χ2n) is 4.32. The van der Waals surface area contributed by atoms with Crippen LogP contribution in [0.1, 0.15) is 23.0 Å². The zero-order valence-electron chi connectivity index (χ0n) is 10.0. The topological polar surface area (TPSA) is 50.2 Å². The Balaban J connectivity index is 2.21. The molecule has 1 amide bonds. The molecule has 2 rings (SSSR count). The van der Waals surface area contributed by atoms with Crippen LogP contribution in [-0.2, 0) is 7.05 Å². The fourth-order valence-corrected chi connectivity index (χ4v) is 2.01. The van der Waals surface area contributed by atoms with Crippen LogP contribution in [0.4, 0.5) is 0 Å². The van der Waals surface area contributed by atoms with Gasteiger partial charge in [0, 0.05) is 38.4 Å². The van der Waals surface area contributed by atoms with Gasteiger partial charge < -0.3 is 10.2 Å². The van der Waals surface area contributed by atoms with E-state index in [1.54, 1.807) is 10.9 Å². The van der Waals surface area contributed by atoms with E-state index in [0.29, 0.717) is 0 Å². The van der Waals surface area contributed by atoms with Crippen LogP contribution in [0.5, 0.6) is 0 Å². The number of carbonyl (C=O) groups excluding carboxylic acids is 1. The van der Waals surface area contributed by atoms with Crippen LogP contribution in [0.25, 0.3) is 0 Å². The molecular formula is C11H18N4O. The number of rotatable bonds is 1. The lowest BCUT2D eigenvalue weighted by Gasteiger charge is -2.33. The Labute approximate surface area is 95.4 Å². The van der Waals surface area contributed by atoms with Gasteiger partial charge in [0.05, 0.1) is 11.8 Å². The van der Waals surface area contributed by atoms with Crippen molar-refractivity contribution in [1.29, 1.82) is 0 Å². The van der Waals surface area contributed by atoms with Crippen molar-refractivity contribution in [3.63, 3.8) is 0 Å². The molecule has 1 fully saturated rings. The van der Waals surface area contributed by atoms with Crippen molar-refractivity contribution in [2.45, 2.75) is 19.9 Å². The predicted octanol–water partition coefficient (Wildman–Crippen LogP) is 0.162. The van der Waals surface area contributed by atoms with E-state index in [-0.39, 0.29) is 11.9 Å². The lowest BCUT2D eigenvalue weighted by Crippen LogP contribution is -2.52. The third-order valence-electron chi connectivity index (χ3n) is 3.23. The molecule has 0 spiro atoms. The molecule has 1 N–H and O–H groups in total. The molecule has 0 radical (unpaired) electrons. The fraction of sp³-hybridized carbons (Fsp3) is 0.636. The van der Waals surface area contributed by atoms with Crippen molar-refractivity contribution < 1.29 is 4.79 Å². The SMILES string of the molecule is Cc1c(C(=O)N2CCNC[C@@H]2C)cnn1C. The minimum atomic E-state index is 0.0969. The molecule has 0 saturated carbocycles. The first-order valence-corrected chi connectivity index (χ1v) is 5.61. The Morgan fingerprint density at radius 2 is 2.38 bits per heavy atom. The Morgan fingerprint density at radius 3 is 2.94 bits per heavy atom. The molecule has 0 aliphatic carbocycles. The molecule has 0 bridgehead atoms. The third-order valence-corrected chi connectivity index (χ3v) is 3.23. The number of piperazine rings is 1. The number of hydrogen-bond acceptors (Lipinski definition) is 3. The number of carbonyl (C=O) groups is 1. The highest BCUT2D eigenvalue weighted by atomic mass is 16.2. The summed E-state index contributed by atoms with van der Waals surface area (Å²) in [5.74, 6) is 0.0969. The number of amides is 1. The highest BCUT2D eigenvalue weighted by Crippen LogP contribution is 2.13. The van der Waals surface area contributed by atoms with Crippen LogP contribution >= 0.6 is 0 Å². The highest BCUT2D eigenvalue weighted by molar-refractivity contribution is 5.95. The Bertz CT molecular complexity index is 399. The number of aryl methyl sites for hydroxylation is 1. The van der Waals surface area contributed by atoms with Gasteiger partial charge in [-0.2, -0.15) is 5.10 Å². The van der Waals surface area contributed by atoms with E-state index in [0.717, 1.165) is 30.9 Å². The largest absolute Gasteiger partial charge is 0.333 e. The van der Waals surface area contributed by atoms with Gasteiger partial charge in [-0.15, -0.1) is 0 Å². The molecule has 5 nitrogen and oxygen atoms in total.